The van der Waals surface area contributed by atoms with Crippen molar-refractivity contribution in [2.75, 3.05) is 13.1 Å². The highest BCUT2D eigenvalue weighted by Gasteiger charge is 2.32. The van der Waals surface area contributed by atoms with Crippen LogP contribution in [0.2, 0.25) is 0 Å². The van der Waals surface area contributed by atoms with E-state index in [2.05, 4.69) is 6.07 Å². The van der Waals surface area contributed by atoms with Crippen molar-refractivity contribution in [2.24, 2.45) is 0 Å². The largest absolute Gasteiger partial charge is 0.444 e. The van der Waals surface area contributed by atoms with Crippen molar-refractivity contribution in [1.29, 1.82) is 5.26 Å². The number of ether oxygens (including phenoxy) is 1. The number of aryl methyl sites for hydroxylation is 1. The van der Waals surface area contributed by atoms with E-state index in [-0.39, 0.29) is 17.8 Å². The summed E-state index contributed by atoms with van der Waals surface area (Å²) >= 11 is 0. The second-order valence-corrected chi connectivity index (χ2v) is 8.75. The maximum absolute atomic E-state index is 13.6. The van der Waals surface area contributed by atoms with E-state index in [0.29, 0.717) is 31.5 Å². The first-order valence-electron chi connectivity index (χ1n) is 10.1. The van der Waals surface area contributed by atoms with Crippen molar-refractivity contribution in [1.82, 2.24) is 14.7 Å². The molecule has 0 radical (unpaired) electrons. The van der Waals surface area contributed by atoms with Crippen LogP contribution in [0.3, 0.4) is 0 Å². The van der Waals surface area contributed by atoms with E-state index in [1.54, 1.807) is 17.0 Å². The number of nitrogens with zero attached hydrogens (tertiary/aromatic N) is 4. The summed E-state index contributed by atoms with van der Waals surface area (Å²) in [6.07, 6.45) is 2.55. The van der Waals surface area contributed by atoms with Crippen LogP contribution in [-0.4, -0.2) is 39.5 Å². The fourth-order valence-electron chi connectivity index (χ4n) is 4.19. The van der Waals surface area contributed by atoms with Gasteiger partial charge in [-0.1, -0.05) is 0 Å². The average molecular weight is 396 g/mol. The molecule has 6 nitrogen and oxygen atoms in total. The number of hydrogen-bond donors (Lipinski definition) is 0. The molecule has 4 rings (SSSR count). The molecule has 1 amide bonds. The van der Waals surface area contributed by atoms with Crippen LogP contribution in [0.1, 0.15) is 62.0 Å². The number of carbonyl (C=O) groups is 1. The van der Waals surface area contributed by atoms with Crippen LogP contribution >= 0.6 is 0 Å². The minimum atomic E-state index is -0.516. The van der Waals surface area contributed by atoms with Gasteiger partial charge >= 0.3 is 6.09 Å². The van der Waals surface area contributed by atoms with Crippen LogP contribution in [0, 0.1) is 17.1 Å². The van der Waals surface area contributed by atoms with Crippen LogP contribution in [0.5, 0.6) is 0 Å². The Morgan fingerprint density at radius 2 is 2.00 bits per heavy atom. The smallest absolute Gasteiger partial charge is 0.410 e. The first kappa shape index (κ1) is 19.4. The highest BCUT2D eigenvalue weighted by molar-refractivity contribution is 5.68. The quantitative estimate of drug-likeness (QED) is 0.728. The molecule has 152 valence electrons. The maximum Gasteiger partial charge on any atom is 0.410 e. The Morgan fingerprint density at radius 1 is 1.28 bits per heavy atom. The summed E-state index contributed by atoms with van der Waals surface area (Å²) < 4.78 is 20.9. The van der Waals surface area contributed by atoms with E-state index in [9.17, 15) is 14.4 Å². The molecular formula is C22H25FN4O2. The van der Waals surface area contributed by atoms with Crippen molar-refractivity contribution in [3.05, 3.63) is 46.5 Å². The Labute approximate surface area is 169 Å². The van der Waals surface area contributed by atoms with Gasteiger partial charge in [0.25, 0.3) is 0 Å². The number of likely N-dealkylation sites (tertiary alicyclic amines) is 1. The van der Waals surface area contributed by atoms with E-state index in [1.165, 1.54) is 6.07 Å². The lowest BCUT2D eigenvalue weighted by molar-refractivity contribution is 0.0204. The molecule has 0 spiro atoms. The standard InChI is InChI=1S/C22H25FN4O2/c1-22(2,3)29-21(28)26-10-8-14(9-11-26)20-17(13-24)19-6-4-15-12-16(23)5-7-18(15)27(19)25-20/h5,7,12,14H,4,6,8-11H2,1-3H3. The van der Waals surface area contributed by atoms with Gasteiger partial charge in [-0.3, -0.25) is 0 Å². The lowest BCUT2D eigenvalue weighted by Gasteiger charge is -2.33. The van der Waals surface area contributed by atoms with Gasteiger partial charge in [0, 0.05) is 19.0 Å². The van der Waals surface area contributed by atoms with Crippen LogP contribution in [0.15, 0.2) is 18.2 Å². The molecule has 0 bridgehead atoms. The molecule has 0 unspecified atom stereocenters. The van der Waals surface area contributed by atoms with Gasteiger partial charge in [0.1, 0.15) is 17.5 Å². The van der Waals surface area contributed by atoms with Crippen LogP contribution in [-0.2, 0) is 17.6 Å². The van der Waals surface area contributed by atoms with Crippen LogP contribution in [0.4, 0.5) is 9.18 Å². The molecule has 2 aliphatic rings. The lowest BCUT2D eigenvalue weighted by Crippen LogP contribution is -2.41. The van der Waals surface area contributed by atoms with Gasteiger partial charge in [-0.2, -0.15) is 10.4 Å². The molecule has 29 heavy (non-hydrogen) atoms. The van der Waals surface area contributed by atoms with Crippen molar-refractivity contribution < 1.29 is 13.9 Å². The number of carbonyl (C=O) groups excluding carboxylic acids is 1. The third-order valence-corrected chi connectivity index (χ3v) is 5.55. The SMILES string of the molecule is CC(C)(C)OC(=O)N1CCC(c2nn3c(c2C#N)CCc2cc(F)ccc2-3)CC1. The van der Waals surface area contributed by atoms with Gasteiger partial charge in [-0.15, -0.1) is 0 Å². The number of rotatable bonds is 1. The molecule has 2 aliphatic heterocycles. The minimum absolute atomic E-state index is 0.116. The first-order chi connectivity index (χ1) is 13.8. The van der Waals surface area contributed by atoms with Crippen LogP contribution < -0.4 is 0 Å². The Balaban J connectivity index is 1.56. The van der Waals surface area contributed by atoms with E-state index >= 15 is 0 Å². The Morgan fingerprint density at radius 3 is 2.66 bits per heavy atom. The maximum atomic E-state index is 13.6. The molecule has 0 atom stereocenters. The number of benzene rings is 1. The number of piperidine rings is 1. The molecule has 0 N–H and O–H groups in total. The van der Waals surface area contributed by atoms with E-state index in [1.807, 2.05) is 25.5 Å². The zero-order valence-corrected chi connectivity index (χ0v) is 17.0. The molecule has 0 saturated carbocycles. The van der Waals surface area contributed by atoms with E-state index in [0.717, 1.165) is 35.5 Å². The summed E-state index contributed by atoms with van der Waals surface area (Å²) in [6, 6.07) is 7.06. The van der Waals surface area contributed by atoms with Gasteiger partial charge < -0.3 is 9.64 Å². The molecule has 7 heteroatoms. The summed E-state index contributed by atoms with van der Waals surface area (Å²) in [5, 5.41) is 14.6. The Kier molecular flexibility index (Phi) is 4.81. The molecule has 2 aromatic rings. The second-order valence-electron chi connectivity index (χ2n) is 8.75. The van der Waals surface area contributed by atoms with Gasteiger partial charge in [0.2, 0.25) is 0 Å². The second kappa shape index (κ2) is 7.18. The Bertz CT molecular complexity index is 991. The molecule has 1 aromatic heterocycles. The molecule has 1 aromatic carbocycles. The number of nitriles is 1. The van der Waals surface area contributed by atoms with Gasteiger partial charge in [-0.25, -0.2) is 13.9 Å². The number of aromatic nitrogens is 2. The highest BCUT2D eigenvalue weighted by atomic mass is 19.1. The predicted molar refractivity (Wildman–Crippen MR) is 105 cm³/mol. The fraction of sp³-hybridized carbons (Fsp3) is 0.500. The zero-order valence-electron chi connectivity index (χ0n) is 17.0. The molecular weight excluding hydrogens is 371 g/mol. The van der Waals surface area contributed by atoms with Gasteiger partial charge in [0.15, 0.2) is 0 Å². The molecule has 1 fully saturated rings. The monoisotopic (exact) mass is 396 g/mol. The van der Waals surface area contributed by atoms with Crippen LogP contribution in [0.25, 0.3) is 5.69 Å². The fourth-order valence-corrected chi connectivity index (χ4v) is 4.19. The van der Waals surface area contributed by atoms with E-state index in [4.69, 9.17) is 9.84 Å². The topological polar surface area (TPSA) is 71.2 Å². The number of halogens is 1. The number of amides is 1. The summed E-state index contributed by atoms with van der Waals surface area (Å²) in [6.45, 7) is 6.73. The number of fused-ring (bicyclic) bond motifs is 3. The van der Waals surface area contributed by atoms with Gasteiger partial charge in [-0.05, 0) is 70.2 Å². The van der Waals surface area contributed by atoms with Crippen molar-refractivity contribution in [2.45, 2.75) is 58.0 Å². The van der Waals surface area contributed by atoms with E-state index < -0.39 is 5.60 Å². The summed E-state index contributed by atoms with van der Waals surface area (Å²) in [7, 11) is 0. The number of hydrogen-bond acceptors (Lipinski definition) is 4. The predicted octanol–water partition coefficient (Wildman–Crippen LogP) is 4.10. The summed E-state index contributed by atoms with van der Waals surface area (Å²) in [4.78, 5) is 14.0. The van der Waals surface area contributed by atoms with Crippen molar-refractivity contribution in [3.8, 4) is 11.8 Å². The average Bonchev–Trinajstić information content (AvgIpc) is 3.05. The lowest BCUT2D eigenvalue weighted by atomic mass is 9.90. The third kappa shape index (κ3) is 3.71. The highest BCUT2D eigenvalue weighted by Crippen LogP contribution is 2.35. The first-order valence-corrected chi connectivity index (χ1v) is 10.1. The van der Waals surface area contributed by atoms with Crippen molar-refractivity contribution in [3.63, 3.8) is 0 Å². The Hall–Kier alpha value is -2.88. The molecule has 3 heterocycles. The van der Waals surface area contributed by atoms with Gasteiger partial charge in [0.05, 0.1) is 22.6 Å². The molecule has 0 aliphatic carbocycles. The summed E-state index contributed by atoms with van der Waals surface area (Å²) in [5.41, 5.74) is 3.57. The molecule has 1 saturated heterocycles. The third-order valence-electron chi connectivity index (χ3n) is 5.55. The zero-order chi connectivity index (χ0) is 20.8. The van der Waals surface area contributed by atoms with Crippen molar-refractivity contribution >= 4 is 6.09 Å². The summed E-state index contributed by atoms with van der Waals surface area (Å²) in [5.74, 6) is -0.139. The minimum Gasteiger partial charge on any atom is -0.444 e. The normalized spacial score (nSPS) is 16.7.